The van der Waals surface area contributed by atoms with Crippen molar-refractivity contribution >= 4 is 28.0 Å². The number of ether oxygens (including phenoxy) is 1. The number of hydrogen-bond donors (Lipinski definition) is 2. The van der Waals surface area contributed by atoms with E-state index in [0.29, 0.717) is 16.5 Å². The van der Waals surface area contributed by atoms with Crippen LogP contribution in [-0.4, -0.2) is 19.6 Å². The molecule has 0 amide bonds. The van der Waals surface area contributed by atoms with Crippen molar-refractivity contribution in [1.29, 1.82) is 0 Å². The van der Waals surface area contributed by atoms with Crippen molar-refractivity contribution in [3.63, 3.8) is 0 Å². The summed E-state index contributed by atoms with van der Waals surface area (Å²) in [6.07, 6.45) is 7.69. The van der Waals surface area contributed by atoms with Crippen LogP contribution in [0.5, 0.6) is 0 Å². The predicted molar refractivity (Wildman–Crippen MR) is 82.5 cm³/mol. The summed E-state index contributed by atoms with van der Waals surface area (Å²) in [5, 5.41) is 4.64. The molecule has 4 nitrogen and oxygen atoms in total. The van der Waals surface area contributed by atoms with Crippen LogP contribution in [0.15, 0.2) is 0 Å². The molecule has 0 aromatic carbocycles. The van der Waals surface area contributed by atoms with Crippen LogP contribution in [0.25, 0.3) is 0 Å². The third-order valence-corrected chi connectivity index (χ3v) is 5.53. The molecule has 0 aliphatic heterocycles. The number of nitrogens with two attached hydrogens (primary N) is 1. The summed E-state index contributed by atoms with van der Waals surface area (Å²) in [7, 11) is 1.41. The fraction of sp³-hybridized carbons (Fsp3) is 0.667. The smallest absolute Gasteiger partial charge is 0.350 e. The monoisotopic (exact) mass is 294 g/mol. The Morgan fingerprint density at radius 1 is 1.35 bits per heavy atom. The molecular weight excluding hydrogens is 272 g/mol. The number of esters is 1. The maximum atomic E-state index is 11.8. The molecule has 0 spiro atoms. The van der Waals surface area contributed by atoms with E-state index in [0.717, 1.165) is 23.0 Å². The largest absolute Gasteiger partial charge is 0.465 e. The average molecular weight is 294 g/mol. The molecule has 3 N–H and O–H groups in total. The number of nitrogens with one attached hydrogen (secondary N) is 1. The Morgan fingerprint density at radius 3 is 2.65 bits per heavy atom. The van der Waals surface area contributed by atoms with E-state index < -0.39 is 0 Å². The molecule has 0 atom stereocenters. The van der Waals surface area contributed by atoms with Crippen molar-refractivity contribution in [2.24, 2.45) is 5.92 Å². The number of methoxy groups -OCH3 is 1. The first-order chi connectivity index (χ1) is 9.70. The summed E-state index contributed by atoms with van der Waals surface area (Å²) in [5.41, 5.74) is 7.97. The van der Waals surface area contributed by atoms with Crippen molar-refractivity contribution in [2.75, 3.05) is 24.7 Å². The van der Waals surface area contributed by atoms with Gasteiger partial charge in [0, 0.05) is 12.1 Å². The first kappa shape index (κ1) is 13.7. The lowest BCUT2D eigenvalue weighted by Crippen LogP contribution is -2.11. The minimum atomic E-state index is -0.316. The maximum Gasteiger partial charge on any atom is 0.350 e. The molecule has 1 aromatic rings. The van der Waals surface area contributed by atoms with E-state index in [1.165, 1.54) is 57.0 Å². The zero-order valence-electron chi connectivity index (χ0n) is 11.9. The van der Waals surface area contributed by atoms with E-state index in [4.69, 9.17) is 10.5 Å². The van der Waals surface area contributed by atoms with Crippen molar-refractivity contribution < 1.29 is 9.53 Å². The molecule has 2 fully saturated rings. The van der Waals surface area contributed by atoms with Gasteiger partial charge in [0.2, 0.25) is 0 Å². The van der Waals surface area contributed by atoms with Gasteiger partial charge in [-0.2, -0.15) is 0 Å². The lowest BCUT2D eigenvalue weighted by Gasteiger charge is -2.12. The normalized spacial score (nSPS) is 19.2. The van der Waals surface area contributed by atoms with Crippen LogP contribution in [0.4, 0.5) is 10.7 Å². The highest BCUT2D eigenvalue weighted by atomic mass is 32.1. The van der Waals surface area contributed by atoms with Crippen LogP contribution in [0, 0.1) is 5.92 Å². The molecule has 5 heteroatoms. The van der Waals surface area contributed by atoms with Crippen molar-refractivity contribution in [1.82, 2.24) is 0 Å². The lowest BCUT2D eigenvalue weighted by atomic mass is 10.1. The number of thiophene rings is 1. The highest BCUT2D eigenvalue weighted by molar-refractivity contribution is 7.18. The van der Waals surface area contributed by atoms with Crippen LogP contribution in [-0.2, 0) is 4.74 Å². The molecule has 1 heterocycles. The Bertz CT molecular complexity index is 502. The topological polar surface area (TPSA) is 64.3 Å². The Labute approximate surface area is 123 Å². The number of carbonyl (C=O) groups is 1. The molecule has 0 saturated heterocycles. The Kier molecular flexibility index (Phi) is 3.87. The minimum absolute atomic E-state index is 0.316. The zero-order chi connectivity index (χ0) is 14.1. The second kappa shape index (κ2) is 5.64. The molecule has 110 valence electrons. The van der Waals surface area contributed by atoms with E-state index in [1.54, 1.807) is 0 Å². The summed E-state index contributed by atoms with van der Waals surface area (Å²) >= 11 is 1.46. The third-order valence-electron chi connectivity index (χ3n) is 4.37. The Balaban J connectivity index is 1.79. The summed E-state index contributed by atoms with van der Waals surface area (Å²) in [6.45, 7) is 1.00. The van der Waals surface area contributed by atoms with Crippen LogP contribution in [0.2, 0.25) is 0 Å². The summed E-state index contributed by atoms with van der Waals surface area (Å²) in [4.78, 5) is 12.3. The van der Waals surface area contributed by atoms with Crippen LogP contribution in [0.3, 0.4) is 0 Å². The molecule has 3 rings (SSSR count). The van der Waals surface area contributed by atoms with Gasteiger partial charge in [-0.15, -0.1) is 11.3 Å². The zero-order valence-corrected chi connectivity index (χ0v) is 12.7. The van der Waals surface area contributed by atoms with Crippen LogP contribution >= 0.6 is 11.3 Å². The minimum Gasteiger partial charge on any atom is -0.465 e. The highest BCUT2D eigenvalue weighted by Crippen LogP contribution is 2.51. The lowest BCUT2D eigenvalue weighted by molar-refractivity contribution is 0.0607. The first-order valence-electron chi connectivity index (χ1n) is 7.45. The molecule has 2 saturated carbocycles. The number of anilines is 2. The standard InChI is InChI=1S/C15H22N2O2S/c1-19-15(18)13-12(16)11(10-6-7-10)14(20-13)17-8-9-4-2-3-5-9/h9-10,17H,2-8,16H2,1H3. The number of nitrogen functional groups attached to an aromatic ring is 1. The second-order valence-electron chi connectivity index (χ2n) is 5.88. The molecular formula is C15H22N2O2S. The van der Waals surface area contributed by atoms with E-state index in [1.807, 2.05) is 0 Å². The van der Waals surface area contributed by atoms with Gasteiger partial charge in [-0.25, -0.2) is 4.79 Å². The molecule has 2 aliphatic rings. The van der Waals surface area contributed by atoms with Gasteiger partial charge in [-0.05, 0) is 37.5 Å². The molecule has 20 heavy (non-hydrogen) atoms. The Morgan fingerprint density at radius 2 is 2.05 bits per heavy atom. The van der Waals surface area contributed by atoms with E-state index in [2.05, 4.69) is 5.32 Å². The highest BCUT2D eigenvalue weighted by Gasteiger charge is 2.33. The quantitative estimate of drug-likeness (QED) is 0.814. The molecule has 1 aromatic heterocycles. The van der Waals surface area contributed by atoms with Crippen LogP contribution in [0.1, 0.15) is 59.7 Å². The summed E-state index contributed by atoms with van der Waals surface area (Å²) in [5.74, 6) is 0.992. The molecule has 2 aliphatic carbocycles. The van der Waals surface area contributed by atoms with E-state index >= 15 is 0 Å². The fourth-order valence-corrected chi connectivity index (χ4v) is 4.19. The molecule has 0 radical (unpaired) electrons. The van der Waals surface area contributed by atoms with Gasteiger partial charge in [0.25, 0.3) is 0 Å². The summed E-state index contributed by atoms with van der Waals surface area (Å²) < 4.78 is 4.83. The van der Waals surface area contributed by atoms with Gasteiger partial charge in [0.15, 0.2) is 0 Å². The van der Waals surface area contributed by atoms with Gasteiger partial charge in [-0.3, -0.25) is 0 Å². The summed E-state index contributed by atoms with van der Waals surface area (Å²) in [6, 6.07) is 0. The van der Waals surface area contributed by atoms with Gasteiger partial charge >= 0.3 is 5.97 Å². The van der Waals surface area contributed by atoms with Crippen molar-refractivity contribution in [3.8, 4) is 0 Å². The third kappa shape index (κ3) is 2.64. The fourth-order valence-electron chi connectivity index (χ4n) is 3.06. The SMILES string of the molecule is COC(=O)c1sc(NCC2CCCC2)c(C2CC2)c1N. The van der Waals surface area contributed by atoms with E-state index in [-0.39, 0.29) is 5.97 Å². The van der Waals surface area contributed by atoms with Gasteiger partial charge < -0.3 is 15.8 Å². The number of rotatable bonds is 5. The van der Waals surface area contributed by atoms with Crippen molar-refractivity contribution in [3.05, 3.63) is 10.4 Å². The van der Waals surface area contributed by atoms with Crippen molar-refractivity contribution in [2.45, 2.75) is 44.4 Å². The Hall–Kier alpha value is -1.23. The predicted octanol–water partition coefficient (Wildman–Crippen LogP) is 3.60. The maximum absolute atomic E-state index is 11.8. The molecule has 0 bridgehead atoms. The van der Waals surface area contributed by atoms with Gasteiger partial charge in [-0.1, -0.05) is 12.8 Å². The number of hydrogen-bond acceptors (Lipinski definition) is 5. The average Bonchev–Trinajstić information content (AvgIpc) is 3.03. The molecule has 0 unspecified atom stereocenters. The number of carbonyl (C=O) groups excluding carboxylic acids is 1. The van der Waals surface area contributed by atoms with Gasteiger partial charge in [0.05, 0.1) is 17.8 Å². The van der Waals surface area contributed by atoms with E-state index in [9.17, 15) is 4.79 Å². The van der Waals surface area contributed by atoms with Crippen LogP contribution < -0.4 is 11.1 Å². The first-order valence-corrected chi connectivity index (χ1v) is 8.26. The second-order valence-corrected chi connectivity index (χ2v) is 6.91. The van der Waals surface area contributed by atoms with Gasteiger partial charge in [0.1, 0.15) is 4.88 Å².